The monoisotopic (exact) mass is 404 g/mol. The molecule has 0 aliphatic rings. The summed E-state index contributed by atoms with van der Waals surface area (Å²) in [5, 5.41) is 0.681. The number of hydrogen-bond donors (Lipinski definition) is 0. The van der Waals surface area contributed by atoms with E-state index in [-0.39, 0.29) is 10.6 Å². The molecule has 0 saturated carbocycles. The van der Waals surface area contributed by atoms with Gasteiger partial charge in [0.2, 0.25) is 0 Å². The first-order chi connectivity index (χ1) is 8.90. The zero-order chi connectivity index (χ0) is 14.2. The van der Waals surface area contributed by atoms with Gasteiger partial charge in [0, 0.05) is 9.50 Å². The lowest BCUT2D eigenvalue weighted by molar-refractivity contribution is 0.624. The van der Waals surface area contributed by atoms with Crippen LogP contribution in [-0.2, 0) is 0 Å². The molecule has 0 spiro atoms. The van der Waals surface area contributed by atoms with E-state index in [0.717, 1.165) is 26.7 Å². The van der Waals surface area contributed by atoms with Crippen molar-refractivity contribution in [3.63, 3.8) is 0 Å². The van der Waals surface area contributed by atoms with Gasteiger partial charge >= 0.3 is 0 Å². The van der Waals surface area contributed by atoms with Gasteiger partial charge < -0.3 is 0 Å². The zero-order valence-corrected chi connectivity index (χ0v) is 14.4. The Hall–Kier alpha value is -0.380. The number of alkyl halides is 1. The summed E-state index contributed by atoms with van der Waals surface area (Å²) < 4.78 is 14.3. The molecule has 0 nitrogen and oxygen atoms in total. The van der Waals surface area contributed by atoms with Crippen LogP contribution in [0.25, 0.3) is 0 Å². The molecule has 0 fully saturated rings. The summed E-state index contributed by atoms with van der Waals surface area (Å²) in [4.78, 5) is -0.0267. The quantitative estimate of drug-likeness (QED) is 0.510. The van der Waals surface area contributed by atoms with E-state index in [4.69, 9.17) is 11.6 Å². The van der Waals surface area contributed by atoms with Crippen molar-refractivity contribution in [2.75, 3.05) is 0 Å². The summed E-state index contributed by atoms with van der Waals surface area (Å²) >= 11 is 13.3. The first kappa shape index (κ1) is 15.0. The fraction of sp³-hybridized carbons (Fsp3) is 0.200. The Morgan fingerprint density at radius 3 is 2.26 bits per heavy atom. The maximum atomic E-state index is 13.4. The average Bonchev–Trinajstić information content (AvgIpc) is 2.30. The molecule has 0 N–H and O–H groups in total. The van der Waals surface area contributed by atoms with Gasteiger partial charge in [-0.05, 0) is 66.4 Å². The molecule has 1 atom stereocenters. The first-order valence-corrected chi connectivity index (χ1v) is 7.84. The molecule has 0 amide bonds. The predicted molar refractivity (Wildman–Crippen MR) is 85.8 cm³/mol. The summed E-state index contributed by atoms with van der Waals surface area (Å²) in [6, 6.07) is 8.76. The lowest BCUT2D eigenvalue weighted by atomic mass is 9.96. The molecule has 2 rings (SSSR count). The second-order valence-electron chi connectivity index (χ2n) is 4.48. The fourth-order valence-corrected chi connectivity index (χ4v) is 4.25. The molecule has 0 saturated heterocycles. The van der Waals surface area contributed by atoms with Crippen LogP contribution in [0.2, 0.25) is 5.02 Å². The van der Waals surface area contributed by atoms with Crippen LogP contribution in [-0.4, -0.2) is 0 Å². The molecular weight excluding hydrogens is 394 g/mol. The third-order valence-electron chi connectivity index (χ3n) is 3.04. The maximum Gasteiger partial charge on any atom is 0.123 e. The third-order valence-corrected chi connectivity index (χ3v) is 4.95. The second-order valence-corrected chi connectivity index (χ2v) is 6.69. The minimum Gasteiger partial charge on any atom is -0.207 e. The SMILES string of the molecule is Cc1cc(F)cc(C)c1C(Br)c1cc(Cl)ccc1Br. The van der Waals surface area contributed by atoms with Gasteiger partial charge in [0.25, 0.3) is 0 Å². The maximum absolute atomic E-state index is 13.4. The minimum absolute atomic E-state index is 0.0267. The summed E-state index contributed by atoms with van der Waals surface area (Å²) in [7, 11) is 0. The molecule has 100 valence electrons. The van der Waals surface area contributed by atoms with Gasteiger partial charge in [-0.15, -0.1) is 0 Å². The van der Waals surface area contributed by atoms with Crippen LogP contribution in [0.3, 0.4) is 0 Å². The van der Waals surface area contributed by atoms with Gasteiger partial charge in [-0.1, -0.05) is 43.5 Å². The van der Waals surface area contributed by atoms with E-state index in [1.165, 1.54) is 0 Å². The van der Waals surface area contributed by atoms with Crippen LogP contribution in [0.1, 0.15) is 27.1 Å². The van der Waals surface area contributed by atoms with E-state index in [0.29, 0.717) is 5.02 Å². The van der Waals surface area contributed by atoms with E-state index in [2.05, 4.69) is 31.9 Å². The molecule has 2 aromatic rings. The smallest absolute Gasteiger partial charge is 0.123 e. The molecule has 0 aliphatic heterocycles. The Morgan fingerprint density at radius 1 is 1.11 bits per heavy atom. The van der Waals surface area contributed by atoms with Gasteiger partial charge in [0.1, 0.15) is 5.82 Å². The molecule has 0 radical (unpaired) electrons. The highest BCUT2D eigenvalue weighted by Crippen LogP contribution is 2.39. The Kier molecular flexibility index (Phi) is 4.70. The molecule has 0 heterocycles. The number of hydrogen-bond acceptors (Lipinski definition) is 0. The second kappa shape index (κ2) is 5.94. The lowest BCUT2D eigenvalue weighted by Crippen LogP contribution is -2.01. The van der Waals surface area contributed by atoms with Gasteiger partial charge in [-0.3, -0.25) is 0 Å². The standard InChI is InChI=1S/C15H12Br2ClF/c1-8-5-11(19)6-9(2)14(8)15(17)12-7-10(18)3-4-13(12)16/h3-7,15H,1-2H3. The first-order valence-electron chi connectivity index (χ1n) is 5.76. The van der Waals surface area contributed by atoms with Crippen molar-refractivity contribution in [3.05, 3.63) is 67.9 Å². The number of halogens is 4. The van der Waals surface area contributed by atoms with Crippen LogP contribution in [0.5, 0.6) is 0 Å². The van der Waals surface area contributed by atoms with E-state index >= 15 is 0 Å². The third kappa shape index (κ3) is 3.21. The Balaban J connectivity index is 2.56. The van der Waals surface area contributed by atoms with Gasteiger partial charge in [-0.2, -0.15) is 0 Å². The van der Waals surface area contributed by atoms with Gasteiger partial charge in [0.15, 0.2) is 0 Å². The molecule has 2 aromatic carbocycles. The fourth-order valence-electron chi connectivity index (χ4n) is 2.19. The number of benzene rings is 2. The van der Waals surface area contributed by atoms with E-state index in [9.17, 15) is 4.39 Å². The summed E-state index contributed by atoms with van der Waals surface area (Å²) in [5.41, 5.74) is 3.95. The molecule has 0 aliphatic carbocycles. The molecule has 0 bridgehead atoms. The predicted octanol–water partition coefficient (Wildman–Crippen LogP) is 6.34. The molecular formula is C15H12Br2ClF. The highest BCUT2D eigenvalue weighted by Gasteiger charge is 2.18. The van der Waals surface area contributed by atoms with Crippen LogP contribution in [0.15, 0.2) is 34.8 Å². The highest BCUT2D eigenvalue weighted by atomic mass is 79.9. The van der Waals surface area contributed by atoms with E-state index in [1.807, 2.05) is 32.0 Å². The van der Waals surface area contributed by atoms with Crippen molar-refractivity contribution in [1.82, 2.24) is 0 Å². The van der Waals surface area contributed by atoms with Gasteiger partial charge in [0.05, 0.1) is 4.83 Å². The summed E-state index contributed by atoms with van der Waals surface area (Å²) in [5.74, 6) is -0.205. The normalized spacial score (nSPS) is 12.5. The number of aryl methyl sites for hydroxylation is 2. The lowest BCUT2D eigenvalue weighted by Gasteiger charge is -2.18. The van der Waals surface area contributed by atoms with Crippen molar-refractivity contribution < 1.29 is 4.39 Å². The van der Waals surface area contributed by atoms with E-state index < -0.39 is 0 Å². The Labute approximate surface area is 134 Å². The Bertz CT molecular complexity index is 603. The molecule has 4 heteroatoms. The van der Waals surface area contributed by atoms with Crippen LogP contribution >= 0.6 is 43.5 Å². The molecule has 1 unspecified atom stereocenters. The average molecular weight is 407 g/mol. The van der Waals surface area contributed by atoms with Crippen LogP contribution < -0.4 is 0 Å². The number of rotatable bonds is 2. The molecule has 0 aromatic heterocycles. The van der Waals surface area contributed by atoms with Crippen molar-refractivity contribution in [2.45, 2.75) is 18.7 Å². The Morgan fingerprint density at radius 2 is 1.68 bits per heavy atom. The largest absolute Gasteiger partial charge is 0.207 e. The topological polar surface area (TPSA) is 0 Å². The van der Waals surface area contributed by atoms with E-state index in [1.54, 1.807) is 12.1 Å². The van der Waals surface area contributed by atoms with Gasteiger partial charge in [-0.25, -0.2) is 4.39 Å². The zero-order valence-electron chi connectivity index (χ0n) is 10.5. The highest BCUT2D eigenvalue weighted by molar-refractivity contribution is 9.11. The van der Waals surface area contributed by atoms with Crippen molar-refractivity contribution >= 4 is 43.5 Å². The van der Waals surface area contributed by atoms with Crippen molar-refractivity contribution in [1.29, 1.82) is 0 Å². The summed E-state index contributed by atoms with van der Waals surface area (Å²) in [6.45, 7) is 3.83. The van der Waals surface area contributed by atoms with Crippen LogP contribution in [0.4, 0.5) is 4.39 Å². The van der Waals surface area contributed by atoms with Crippen molar-refractivity contribution in [2.24, 2.45) is 0 Å². The minimum atomic E-state index is -0.205. The van der Waals surface area contributed by atoms with Crippen LogP contribution in [0, 0.1) is 19.7 Å². The summed E-state index contributed by atoms with van der Waals surface area (Å²) in [6.07, 6.45) is 0. The van der Waals surface area contributed by atoms with Crippen molar-refractivity contribution in [3.8, 4) is 0 Å². The molecule has 19 heavy (non-hydrogen) atoms.